The highest BCUT2D eigenvalue weighted by Gasteiger charge is 2.22. The van der Waals surface area contributed by atoms with Crippen molar-refractivity contribution in [2.24, 2.45) is 0 Å². The van der Waals surface area contributed by atoms with Crippen molar-refractivity contribution in [1.82, 2.24) is 4.98 Å². The first kappa shape index (κ1) is 15.8. The predicted molar refractivity (Wildman–Crippen MR) is 99.5 cm³/mol. The van der Waals surface area contributed by atoms with E-state index in [4.69, 9.17) is 4.42 Å². The maximum absolute atomic E-state index is 12.9. The molecule has 0 saturated carbocycles. The van der Waals surface area contributed by atoms with Crippen LogP contribution in [-0.4, -0.2) is 4.98 Å². The van der Waals surface area contributed by atoms with Crippen molar-refractivity contribution in [3.63, 3.8) is 0 Å². The Hall–Kier alpha value is -2.68. The van der Waals surface area contributed by atoms with Gasteiger partial charge in [-0.15, -0.1) is 0 Å². The van der Waals surface area contributed by atoms with Gasteiger partial charge in [0.05, 0.1) is 5.56 Å². The molecule has 2 heterocycles. The number of fused-ring (bicyclic) bond motifs is 1. The Balaban J connectivity index is 1.99. The monoisotopic (exact) mass is 331 g/mol. The lowest BCUT2D eigenvalue weighted by Crippen LogP contribution is -2.14. The molecular formula is C22H21NO2. The number of hydrogen-bond donors (Lipinski definition) is 0. The van der Waals surface area contributed by atoms with Crippen molar-refractivity contribution < 1.29 is 4.42 Å². The fourth-order valence-corrected chi connectivity index (χ4v) is 3.75. The van der Waals surface area contributed by atoms with E-state index in [1.165, 1.54) is 24.0 Å². The Morgan fingerprint density at radius 1 is 0.760 bits per heavy atom. The van der Waals surface area contributed by atoms with Crippen LogP contribution in [0.2, 0.25) is 0 Å². The van der Waals surface area contributed by atoms with Gasteiger partial charge in [0, 0.05) is 18.0 Å². The quantitative estimate of drug-likeness (QED) is 0.661. The second-order valence-corrected chi connectivity index (χ2v) is 6.57. The summed E-state index contributed by atoms with van der Waals surface area (Å²) in [5.74, 6) is 0.726. The van der Waals surface area contributed by atoms with E-state index in [1.807, 2.05) is 42.5 Å². The molecule has 2 aromatic heterocycles. The predicted octanol–water partition coefficient (Wildman–Crippen LogP) is 5.03. The Bertz CT molecular complexity index is 914. The normalized spacial score (nSPS) is 14.4. The molecule has 3 heteroatoms. The minimum Gasteiger partial charge on any atom is -0.422 e. The lowest BCUT2D eigenvalue weighted by molar-refractivity contribution is 0.509. The van der Waals surface area contributed by atoms with E-state index < -0.39 is 0 Å². The van der Waals surface area contributed by atoms with Crippen molar-refractivity contribution in [3.8, 4) is 22.5 Å². The molecule has 0 radical (unpaired) electrons. The summed E-state index contributed by atoms with van der Waals surface area (Å²) in [5, 5.41) is 0. The van der Waals surface area contributed by atoms with Gasteiger partial charge >= 0.3 is 5.63 Å². The van der Waals surface area contributed by atoms with Crippen LogP contribution >= 0.6 is 0 Å². The molecule has 0 bridgehead atoms. The number of pyridine rings is 1. The Morgan fingerprint density at radius 2 is 1.44 bits per heavy atom. The van der Waals surface area contributed by atoms with Gasteiger partial charge in [-0.3, -0.25) is 4.98 Å². The van der Waals surface area contributed by atoms with Gasteiger partial charge in [-0.25, -0.2) is 4.79 Å². The molecule has 0 atom stereocenters. The van der Waals surface area contributed by atoms with Crippen molar-refractivity contribution in [3.05, 3.63) is 76.4 Å². The molecule has 0 aliphatic heterocycles. The van der Waals surface area contributed by atoms with Crippen molar-refractivity contribution in [2.75, 3.05) is 0 Å². The van der Waals surface area contributed by atoms with Gasteiger partial charge in [-0.05, 0) is 54.5 Å². The second-order valence-electron chi connectivity index (χ2n) is 6.57. The molecule has 1 aliphatic carbocycles. The average Bonchev–Trinajstić information content (AvgIpc) is 2.64. The number of nitrogens with zero attached hydrogens (tertiary/aromatic N) is 1. The lowest BCUT2D eigenvalue weighted by Gasteiger charge is -2.19. The molecule has 1 aromatic carbocycles. The molecule has 3 aromatic rings. The molecule has 0 saturated heterocycles. The van der Waals surface area contributed by atoms with E-state index in [1.54, 1.807) is 12.4 Å². The summed E-state index contributed by atoms with van der Waals surface area (Å²) in [4.78, 5) is 17.0. The minimum absolute atomic E-state index is 0.239. The van der Waals surface area contributed by atoms with Gasteiger partial charge in [-0.2, -0.15) is 0 Å². The third-order valence-electron chi connectivity index (χ3n) is 4.95. The SMILES string of the molecule is O=c1oc(-c2ccncc2)c2c(c1-c1ccccc1)CCCCCC2. The molecule has 3 nitrogen and oxygen atoms in total. The van der Waals surface area contributed by atoms with E-state index in [2.05, 4.69) is 4.98 Å². The zero-order chi connectivity index (χ0) is 17.1. The van der Waals surface area contributed by atoms with E-state index in [0.29, 0.717) is 0 Å². The summed E-state index contributed by atoms with van der Waals surface area (Å²) in [7, 11) is 0. The van der Waals surface area contributed by atoms with Gasteiger partial charge < -0.3 is 4.42 Å². The molecule has 4 rings (SSSR count). The number of aromatic nitrogens is 1. The fraction of sp³-hybridized carbons (Fsp3) is 0.273. The van der Waals surface area contributed by atoms with E-state index in [-0.39, 0.29) is 5.63 Å². The Labute approximate surface area is 147 Å². The van der Waals surface area contributed by atoms with Gasteiger partial charge in [0.1, 0.15) is 5.76 Å². The molecular weight excluding hydrogens is 310 g/mol. The maximum Gasteiger partial charge on any atom is 0.344 e. The first-order chi connectivity index (χ1) is 12.3. The van der Waals surface area contributed by atoms with E-state index in [0.717, 1.165) is 48.1 Å². The largest absolute Gasteiger partial charge is 0.422 e. The van der Waals surface area contributed by atoms with Crippen molar-refractivity contribution >= 4 is 0 Å². The third kappa shape index (κ3) is 3.14. The van der Waals surface area contributed by atoms with Crippen LogP contribution in [0.15, 0.2) is 64.1 Å². The van der Waals surface area contributed by atoms with Crippen LogP contribution in [0.25, 0.3) is 22.5 Å². The van der Waals surface area contributed by atoms with Gasteiger partial charge in [0.25, 0.3) is 0 Å². The second kappa shape index (κ2) is 7.06. The number of benzene rings is 1. The molecule has 0 N–H and O–H groups in total. The number of hydrogen-bond acceptors (Lipinski definition) is 3. The minimum atomic E-state index is -0.239. The Morgan fingerprint density at radius 3 is 2.16 bits per heavy atom. The van der Waals surface area contributed by atoms with Crippen LogP contribution in [0.4, 0.5) is 0 Å². The standard InChI is InChI=1S/C22H21NO2/c24-22-20(16-8-4-3-5-9-16)18-10-6-1-2-7-11-19(18)21(25-22)17-12-14-23-15-13-17/h3-5,8-9,12-15H,1-2,6-7,10-11H2. The van der Waals surface area contributed by atoms with Crippen molar-refractivity contribution in [1.29, 1.82) is 0 Å². The Kier molecular flexibility index (Phi) is 4.47. The zero-order valence-corrected chi connectivity index (χ0v) is 14.2. The maximum atomic E-state index is 12.9. The van der Waals surface area contributed by atoms with Crippen LogP contribution in [0, 0.1) is 0 Å². The fourth-order valence-electron chi connectivity index (χ4n) is 3.75. The lowest BCUT2D eigenvalue weighted by atomic mass is 9.87. The summed E-state index contributed by atoms with van der Waals surface area (Å²) in [5.41, 5.74) is 4.77. The first-order valence-corrected chi connectivity index (χ1v) is 8.99. The summed E-state index contributed by atoms with van der Waals surface area (Å²) in [6.45, 7) is 0. The highest BCUT2D eigenvalue weighted by Crippen LogP contribution is 2.34. The van der Waals surface area contributed by atoms with Crippen LogP contribution in [0.3, 0.4) is 0 Å². The van der Waals surface area contributed by atoms with Gasteiger partial charge in [0.15, 0.2) is 0 Å². The topological polar surface area (TPSA) is 43.1 Å². The molecule has 0 spiro atoms. The molecule has 25 heavy (non-hydrogen) atoms. The summed E-state index contributed by atoms with van der Waals surface area (Å²) < 4.78 is 5.86. The van der Waals surface area contributed by atoms with Gasteiger partial charge in [0.2, 0.25) is 0 Å². The highest BCUT2D eigenvalue weighted by atomic mass is 16.4. The highest BCUT2D eigenvalue weighted by molar-refractivity contribution is 5.72. The van der Waals surface area contributed by atoms with Crippen LogP contribution < -0.4 is 5.63 Å². The van der Waals surface area contributed by atoms with Crippen LogP contribution in [0.5, 0.6) is 0 Å². The molecule has 0 amide bonds. The summed E-state index contributed by atoms with van der Waals surface area (Å²) in [6.07, 6.45) is 10.1. The van der Waals surface area contributed by atoms with E-state index >= 15 is 0 Å². The molecule has 1 aliphatic rings. The van der Waals surface area contributed by atoms with Crippen LogP contribution in [-0.2, 0) is 12.8 Å². The molecule has 126 valence electrons. The first-order valence-electron chi connectivity index (χ1n) is 8.99. The molecule has 0 unspecified atom stereocenters. The summed E-state index contributed by atoms with van der Waals surface area (Å²) in [6, 6.07) is 13.7. The molecule has 0 fully saturated rings. The van der Waals surface area contributed by atoms with Gasteiger partial charge in [-0.1, -0.05) is 43.2 Å². The van der Waals surface area contributed by atoms with E-state index in [9.17, 15) is 4.79 Å². The zero-order valence-electron chi connectivity index (χ0n) is 14.2. The van der Waals surface area contributed by atoms with Crippen LogP contribution in [0.1, 0.15) is 36.8 Å². The average molecular weight is 331 g/mol. The third-order valence-corrected chi connectivity index (χ3v) is 4.95. The van der Waals surface area contributed by atoms with Crippen molar-refractivity contribution in [2.45, 2.75) is 38.5 Å². The smallest absolute Gasteiger partial charge is 0.344 e. The number of rotatable bonds is 2. The summed E-state index contributed by atoms with van der Waals surface area (Å²) >= 11 is 0.